The summed E-state index contributed by atoms with van der Waals surface area (Å²) in [5, 5.41) is 15.0. The SMILES string of the molecule is Cc1cc(-c2ccc3c(cnn3C)c2)ccc1C1=NC2(CC2)C(=O)N1CC1CN(C(=O)C(C)(C)CO)C1. The quantitative estimate of drug-likeness (QED) is 0.564. The first-order valence-corrected chi connectivity index (χ1v) is 13.0. The van der Waals surface area contributed by atoms with Crippen LogP contribution in [0.4, 0.5) is 0 Å². The largest absolute Gasteiger partial charge is 0.395 e. The van der Waals surface area contributed by atoms with Gasteiger partial charge in [-0.3, -0.25) is 24.2 Å². The molecule has 0 unspecified atom stereocenters. The molecule has 3 aromatic rings. The van der Waals surface area contributed by atoms with Crippen LogP contribution >= 0.6 is 0 Å². The normalized spacial score (nSPS) is 19.1. The van der Waals surface area contributed by atoms with Crippen LogP contribution in [0.15, 0.2) is 47.6 Å². The summed E-state index contributed by atoms with van der Waals surface area (Å²) in [6.07, 6.45) is 3.48. The number of nitrogens with zero attached hydrogens (tertiary/aromatic N) is 5. The Kier molecular flexibility index (Phi) is 5.32. The number of aliphatic hydroxyl groups excluding tert-OH is 1. The number of hydrogen-bond donors (Lipinski definition) is 1. The van der Waals surface area contributed by atoms with Crippen molar-refractivity contribution >= 4 is 28.6 Å². The van der Waals surface area contributed by atoms with Crippen molar-refractivity contribution in [3.8, 4) is 11.1 Å². The maximum atomic E-state index is 13.4. The van der Waals surface area contributed by atoms with Crippen molar-refractivity contribution in [1.82, 2.24) is 19.6 Å². The van der Waals surface area contributed by atoms with Gasteiger partial charge in [-0.25, -0.2) is 0 Å². The smallest absolute Gasteiger partial charge is 0.256 e. The molecule has 192 valence electrons. The zero-order valence-corrected chi connectivity index (χ0v) is 21.9. The zero-order chi connectivity index (χ0) is 26.1. The molecular weight excluding hydrogens is 466 g/mol. The maximum Gasteiger partial charge on any atom is 0.256 e. The maximum absolute atomic E-state index is 13.4. The van der Waals surface area contributed by atoms with E-state index in [1.165, 1.54) is 0 Å². The van der Waals surface area contributed by atoms with Gasteiger partial charge < -0.3 is 10.0 Å². The number of aryl methyl sites for hydroxylation is 2. The summed E-state index contributed by atoms with van der Waals surface area (Å²) in [6.45, 7) is 7.17. The summed E-state index contributed by atoms with van der Waals surface area (Å²) in [5.41, 5.74) is 4.04. The third-order valence-electron chi connectivity index (χ3n) is 8.15. The molecule has 1 aromatic heterocycles. The Balaban J connectivity index is 1.23. The summed E-state index contributed by atoms with van der Waals surface area (Å²) in [5.74, 6) is 1.01. The number of rotatable bonds is 6. The second-order valence-corrected chi connectivity index (χ2v) is 11.6. The molecule has 2 aliphatic heterocycles. The molecule has 2 amide bonds. The number of amidine groups is 1. The Labute approximate surface area is 216 Å². The van der Waals surface area contributed by atoms with Gasteiger partial charge in [0.25, 0.3) is 5.91 Å². The van der Waals surface area contributed by atoms with Crippen molar-refractivity contribution in [2.24, 2.45) is 23.4 Å². The predicted molar refractivity (Wildman–Crippen MR) is 142 cm³/mol. The highest BCUT2D eigenvalue weighted by molar-refractivity contribution is 6.17. The Bertz CT molecular complexity index is 1460. The molecule has 8 nitrogen and oxygen atoms in total. The number of aliphatic imine (C=N–C) groups is 1. The molecule has 3 aliphatic rings. The van der Waals surface area contributed by atoms with Crippen molar-refractivity contribution in [3.63, 3.8) is 0 Å². The second-order valence-electron chi connectivity index (χ2n) is 11.6. The van der Waals surface area contributed by atoms with E-state index in [-0.39, 0.29) is 24.3 Å². The van der Waals surface area contributed by atoms with Gasteiger partial charge in [0.2, 0.25) is 5.91 Å². The Morgan fingerprint density at radius 1 is 1.14 bits per heavy atom. The van der Waals surface area contributed by atoms with E-state index in [9.17, 15) is 14.7 Å². The Morgan fingerprint density at radius 3 is 2.51 bits per heavy atom. The average Bonchev–Trinajstić information content (AvgIpc) is 3.49. The van der Waals surface area contributed by atoms with Crippen LogP contribution in [0.2, 0.25) is 0 Å². The first-order chi connectivity index (χ1) is 17.6. The van der Waals surface area contributed by atoms with Gasteiger partial charge in [-0.15, -0.1) is 0 Å². The topological polar surface area (TPSA) is 91.0 Å². The molecule has 6 rings (SSSR count). The number of amides is 2. The van der Waals surface area contributed by atoms with Crippen LogP contribution in [0, 0.1) is 18.3 Å². The lowest BCUT2D eigenvalue weighted by atomic mass is 9.88. The van der Waals surface area contributed by atoms with E-state index in [4.69, 9.17) is 4.99 Å². The lowest BCUT2D eigenvalue weighted by molar-refractivity contribution is -0.149. The van der Waals surface area contributed by atoms with E-state index in [0.717, 1.165) is 51.8 Å². The summed E-state index contributed by atoms with van der Waals surface area (Å²) in [4.78, 5) is 34.6. The number of carbonyl (C=O) groups is 2. The molecule has 0 radical (unpaired) electrons. The number of fused-ring (bicyclic) bond motifs is 1. The number of aromatic nitrogens is 2. The number of benzene rings is 2. The van der Waals surface area contributed by atoms with Crippen molar-refractivity contribution in [2.45, 2.75) is 39.2 Å². The molecule has 3 heterocycles. The van der Waals surface area contributed by atoms with E-state index < -0.39 is 11.0 Å². The van der Waals surface area contributed by atoms with Crippen LogP contribution in [0.5, 0.6) is 0 Å². The highest BCUT2D eigenvalue weighted by Gasteiger charge is 2.58. The van der Waals surface area contributed by atoms with Crippen molar-refractivity contribution < 1.29 is 14.7 Å². The van der Waals surface area contributed by atoms with Crippen LogP contribution in [0.1, 0.15) is 37.8 Å². The van der Waals surface area contributed by atoms with Crippen LogP contribution in [0.25, 0.3) is 22.0 Å². The lowest BCUT2D eigenvalue weighted by Gasteiger charge is -2.44. The number of likely N-dealkylation sites (tertiary alicyclic amines) is 1. The van der Waals surface area contributed by atoms with Gasteiger partial charge in [-0.1, -0.05) is 24.3 Å². The van der Waals surface area contributed by atoms with Gasteiger partial charge in [-0.2, -0.15) is 5.10 Å². The van der Waals surface area contributed by atoms with E-state index in [1.807, 2.05) is 22.8 Å². The van der Waals surface area contributed by atoms with Crippen molar-refractivity contribution in [3.05, 3.63) is 53.7 Å². The van der Waals surface area contributed by atoms with Crippen LogP contribution < -0.4 is 0 Å². The molecule has 8 heteroatoms. The summed E-state index contributed by atoms with van der Waals surface area (Å²) < 4.78 is 1.87. The number of aliphatic hydroxyl groups is 1. The number of carbonyl (C=O) groups excluding carboxylic acids is 2. The standard InChI is InChI=1S/C29H33N5O3/c1-18-11-20(21-6-8-24-22(12-21)13-30-32(24)4)5-7-23(18)25-31-29(9-10-29)27(37)34(25)16-19-14-33(15-19)26(36)28(2,3)17-35/h5-8,11-13,19,35H,9-10,14-17H2,1-4H3. The van der Waals surface area contributed by atoms with Crippen molar-refractivity contribution in [1.29, 1.82) is 0 Å². The molecule has 0 atom stereocenters. The first kappa shape index (κ1) is 23.9. The second kappa shape index (κ2) is 8.25. The molecule has 1 aliphatic carbocycles. The Morgan fingerprint density at radius 2 is 1.84 bits per heavy atom. The minimum Gasteiger partial charge on any atom is -0.395 e. The van der Waals surface area contributed by atoms with Crippen LogP contribution in [-0.2, 0) is 16.6 Å². The molecular formula is C29H33N5O3. The predicted octanol–water partition coefficient (Wildman–Crippen LogP) is 3.15. The van der Waals surface area contributed by atoms with Gasteiger partial charge in [0.15, 0.2) is 0 Å². The van der Waals surface area contributed by atoms with Gasteiger partial charge in [0, 0.05) is 43.5 Å². The Hall–Kier alpha value is -3.52. The fourth-order valence-corrected chi connectivity index (χ4v) is 5.52. The summed E-state index contributed by atoms with van der Waals surface area (Å²) in [6, 6.07) is 12.7. The molecule has 2 fully saturated rings. The summed E-state index contributed by atoms with van der Waals surface area (Å²) in [7, 11) is 1.94. The molecule has 1 saturated heterocycles. The molecule has 0 bridgehead atoms. The fourth-order valence-electron chi connectivity index (χ4n) is 5.52. The van der Waals surface area contributed by atoms with Gasteiger partial charge >= 0.3 is 0 Å². The van der Waals surface area contributed by atoms with Crippen molar-refractivity contribution in [2.75, 3.05) is 26.2 Å². The lowest BCUT2D eigenvalue weighted by Crippen LogP contribution is -2.58. The third-order valence-corrected chi connectivity index (χ3v) is 8.15. The fraction of sp³-hybridized carbons (Fsp3) is 0.448. The minimum atomic E-state index is -0.778. The number of hydrogen-bond acceptors (Lipinski definition) is 5. The van der Waals surface area contributed by atoms with E-state index in [1.54, 1.807) is 18.7 Å². The average molecular weight is 500 g/mol. The third kappa shape index (κ3) is 3.85. The highest BCUT2D eigenvalue weighted by atomic mass is 16.3. The highest BCUT2D eigenvalue weighted by Crippen LogP contribution is 2.46. The van der Waals surface area contributed by atoms with Gasteiger partial charge in [0.1, 0.15) is 11.4 Å². The molecule has 1 N–H and O–H groups in total. The van der Waals surface area contributed by atoms with Gasteiger partial charge in [0.05, 0.1) is 23.7 Å². The molecule has 2 aromatic carbocycles. The van der Waals surface area contributed by atoms with Crippen LogP contribution in [-0.4, -0.2) is 74.1 Å². The monoisotopic (exact) mass is 499 g/mol. The van der Waals surface area contributed by atoms with E-state index in [2.05, 4.69) is 48.4 Å². The summed E-state index contributed by atoms with van der Waals surface area (Å²) >= 11 is 0. The molecule has 1 saturated carbocycles. The van der Waals surface area contributed by atoms with Crippen LogP contribution in [0.3, 0.4) is 0 Å². The molecule has 37 heavy (non-hydrogen) atoms. The van der Waals surface area contributed by atoms with Gasteiger partial charge in [-0.05, 0) is 62.4 Å². The van der Waals surface area contributed by atoms with E-state index in [0.29, 0.717) is 19.6 Å². The zero-order valence-electron chi connectivity index (χ0n) is 21.9. The minimum absolute atomic E-state index is 0.0394. The molecule has 1 spiro atoms. The van der Waals surface area contributed by atoms with E-state index >= 15 is 0 Å². The first-order valence-electron chi connectivity index (χ1n) is 13.0.